The number of nitrogens with one attached hydrogen (secondary N) is 2. The Labute approximate surface area is 120 Å². The molecule has 0 radical (unpaired) electrons. The molecule has 0 saturated carbocycles. The van der Waals surface area contributed by atoms with E-state index in [9.17, 15) is 14.4 Å². The number of hydrogen-bond donors (Lipinski definition) is 3. The summed E-state index contributed by atoms with van der Waals surface area (Å²) in [6, 6.07) is 2.40. The molecule has 0 spiro atoms. The van der Waals surface area contributed by atoms with Gasteiger partial charge < -0.3 is 10.4 Å². The van der Waals surface area contributed by atoms with E-state index in [1.165, 1.54) is 18.3 Å². The number of amides is 3. The van der Waals surface area contributed by atoms with E-state index in [1.54, 1.807) is 0 Å². The Morgan fingerprint density at radius 3 is 2.65 bits per heavy atom. The van der Waals surface area contributed by atoms with Crippen LogP contribution in [0.2, 0.25) is 0 Å². The first-order valence-corrected chi connectivity index (χ1v) is 6.91. The van der Waals surface area contributed by atoms with Gasteiger partial charge in [-0.15, -0.1) is 0 Å². The van der Waals surface area contributed by atoms with Gasteiger partial charge in [0.05, 0.1) is 16.3 Å². The summed E-state index contributed by atoms with van der Waals surface area (Å²) in [6.45, 7) is 2.41. The average molecular weight is 297 g/mol. The number of thioether (sulfide) groups is 1. The number of urea groups is 1. The van der Waals surface area contributed by atoms with E-state index in [4.69, 9.17) is 5.11 Å². The van der Waals surface area contributed by atoms with Gasteiger partial charge in [0.15, 0.2) is 0 Å². The highest BCUT2D eigenvalue weighted by Crippen LogP contribution is 2.14. The number of nitrogens with zero attached hydrogens (tertiary/aromatic N) is 1. The molecule has 0 aliphatic heterocycles. The molecule has 0 aromatic carbocycles. The summed E-state index contributed by atoms with van der Waals surface area (Å²) in [5.74, 6) is -1.47. The summed E-state index contributed by atoms with van der Waals surface area (Å²) in [5, 5.41) is 13.9. The Morgan fingerprint density at radius 1 is 1.35 bits per heavy atom. The number of rotatable bonds is 6. The second-order valence-corrected chi connectivity index (χ2v) is 4.78. The molecule has 0 atom stereocenters. The summed E-state index contributed by atoms with van der Waals surface area (Å²) in [4.78, 5) is 37.2. The Bertz CT molecular complexity index is 490. The van der Waals surface area contributed by atoms with Crippen LogP contribution in [0.1, 0.15) is 23.7 Å². The molecule has 8 heteroatoms. The number of carbonyl (C=O) groups is 3. The first-order chi connectivity index (χ1) is 9.52. The van der Waals surface area contributed by atoms with Crippen LogP contribution < -0.4 is 10.6 Å². The van der Waals surface area contributed by atoms with Gasteiger partial charge in [0.1, 0.15) is 0 Å². The SMILES string of the molecule is CCCNC(=O)NC(=O)CSc1ccc(C(=O)O)cn1. The van der Waals surface area contributed by atoms with E-state index in [0.29, 0.717) is 11.6 Å². The lowest BCUT2D eigenvalue weighted by Crippen LogP contribution is -2.40. The van der Waals surface area contributed by atoms with E-state index in [2.05, 4.69) is 15.6 Å². The van der Waals surface area contributed by atoms with Crippen molar-refractivity contribution in [2.45, 2.75) is 18.4 Å². The zero-order valence-corrected chi connectivity index (χ0v) is 11.7. The van der Waals surface area contributed by atoms with Crippen LogP contribution in [0, 0.1) is 0 Å². The number of carboxylic acid groups (broad SMARTS) is 1. The normalized spacial score (nSPS) is 9.85. The molecule has 0 bridgehead atoms. The molecule has 3 amide bonds. The van der Waals surface area contributed by atoms with Gasteiger partial charge >= 0.3 is 12.0 Å². The van der Waals surface area contributed by atoms with Gasteiger partial charge in [-0.05, 0) is 18.6 Å². The van der Waals surface area contributed by atoms with E-state index in [1.807, 2.05) is 6.92 Å². The first-order valence-electron chi connectivity index (χ1n) is 5.92. The lowest BCUT2D eigenvalue weighted by atomic mass is 10.3. The van der Waals surface area contributed by atoms with Crippen molar-refractivity contribution in [1.82, 2.24) is 15.6 Å². The molecular formula is C12H15N3O4S. The second-order valence-electron chi connectivity index (χ2n) is 3.78. The minimum atomic E-state index is -1.06. The van der Waals surface area contributed by atoms with Crippen molar-refractivity contribution < 1.29 is 19.5 Å². The van der Waals surface area contributed by atoms with E-state index < -0.39 is 17.9 Å². The Morgan fingerprint density at radius 2 is 2.10 bits per heavy atom. The summed E-state index contributed by atoms with van der Waals surface area (Å²) in [7, 11) is 0. The van der Waals surface area contributed by atoms with Gasteiger partial charge in [-0.25, -0.2) is 14.6 Å². The van der Waals surface area contributed by atoms with Crippen LogP contribution in [0.25, 0.3) is 0 Å². The molecular weight excluding hydrogens is 282 g/mol. The van der Waals surface area contributed by atoms with Crippen molar-refractivity contribution >= 4 is 29.7 Å². The minimum Gasteiger partial charge on any atom is -0.478 e. The van der Waals surface area contributed by atoms with Crippen molar-refractivity contribution in [1.29, 1.82) is 0 Å². The topological polar surface area (TPSA) is 108 Å². The fraction of sp³-hybridized carbons (Fsp3) is 0.333. The summed E-state index contributed by atoms with van der Waals surface area (Å²) >= 11 is 1.12. The van der Waals surface area contributed by atoms with E-state index in [-0.39, 0.29) is 11.3 Å². The first kappa shape index (κ1) is 16.0. The molecule has 20 heavy (non-hydrogen) atoms. The Hall–Kier alpha value is -2.09. The maximum absolute atomic E-state index is 11.5. The van der Waals surface area contributed by atoms with Gasteiger partial charge in [0, 0.05) is 12.7 Å². The highest BCUT2D eigenvalue weighted by molar-refractivity contribution is 7.99. The predicted octanol–water partition coefficient (Wildman–Crippen LogP) is 1.11. The fourth-order valence-corrected chi connectivity index (χ4v) is 1.82. The number of aromatic nitrogens is 1. The zero-order valence-electron chi connectivity index (χ0n) is 10.9. The van der Waals surface area contributed by atoms with Crippen LogP contribution in [-0.4, -0.2) is 40.3 Å². The number of aromatic carboxylic acids is 1. The van der Waals surface area contributed by atoms with Crippen LogP contribution in [0.3, 0.4) is 0 Å². The number of carboxylic acids is 1. The van der Waals surface area contributed by atoms with Gasteiger partial charge in [0.2, 0.25) is 5.91 Å². The molecule has 0 aliphatic carbocycles. The monoisotopic (exact) mass is 297 g/mol. The number of imide groups is 1. The van der Waals surface area contributed by atoms with E-state index >= 15 is 0 Å². The molecule has 0 unspecified atom stereocenters. The molecule has 1 aromatic rings. The zero-order chi connectivity index (χ0) is 15.0. The lowest BCUT2D eigenvalue weighted by Gasteiger charge is -2.05. The summed E-state index contributed by atoms with van der Waals surface area (Å²) in [6.07, 6.45) is 2.01. The van der Waals surface area contributed by atoms with Crippen molar-refractivity contribution in [3.8, 4) is 0 Å². The molecule has 7 nitrogen and oxygen atoms in total. The van der Waals surface area contributed by atoms with Crippen LogP contribution in [-0.2, 0) is 4.79 Å². The van der Waals surface area contributed by atoms with Crippen LogP contribution in [0.5, 0.6) is 0 Å². The average Bonchev–Trinajstić information content (AvgIpc) is 2.43. The maximum atomic E-state index is 11.5. The molecule has 1 rings (SSSR count). The molecule has 0 aliphatic rings. The van der Waals surface area contributed by atoms with Gasteiger partial charge in [-0.2, -0.15) is 0 Å². The van der Waals surface area contributed by atoms with Crippen molar-refractivity contribution in [2.24, 2.45) is 0 Å². The highest BCUT2D eigenvalue weighted by Gasteiger charge is 2.08. The molecule has 1 aromatic heterocycles. The maximum Gasteiger partial charge on any atom is 0.337 e. The third-order valence-corrected chi connectivity index (χ3v) is 3.07. The van der Waals surface area contributed by atoms with Gasteiger partial charge in [0.25, 0.3) is 0 Å². The molecule has 0 fully saturated rings. The molecule has 0 saturated heterocycles. The molecule has 108 valence electrons. The highest BCUT2D eigenvalue weighted by atomic mass is 32.2. The van der Waals surface area contributed by atoms with Crippen molar-refractivity contribution in [3.63, 3.8) is 0 Å². The fourth-order valence-electron chi connectivity index (χ4n) is 1.18. The summed E-state index contributed by atoms with van der Waals surface area (Å²) in [5.41, 5.74) is 0.0812. The smallest absolute Gasteiger partial charge is 0.337 e. The Kier molecular flexibility index (Phi) is 6.51. The largest absolute Gasteiger partial charge is 0.478 e. The van der Waals surface area contributed by atoms with Crippen molar-refractivity contribution in [2.75, 3.05) is 12.3 Å². The number of pyridine rings is 1. The van der Waals surface area contributed by atoms with Crippen LogP contribution >= 0.6 is 11.8 Å². The van der Waals surface area contributed by atoms with Gasteiger partial charge in [-0.3, -0.25) is 10.1 Å². The predicted molar refractivity (Wildman–Crippen MR) is 73.8 cm³/mol. The third-order valence-electron chi connectivity index (χ3n) is 2.12. The van der Waals surface area contributed by atoms with Gasteiger partial charge in [-0.1, -0.05) is 18.7 Å². The second kappa shape index (κ2) is 8.16. The third kappa shape index (κ3) is 5.70. The number of carbonyl (C=O) groups excluding carboxylic acids is 2. The molecule has 3 N–H and O–H groups in total. The molecule has 1 heterocycles. The quantitative estimate of drug-likeness (QED) is 0.679. The Balaban J connectivity index is 2.37. The standard InChI is InChI=1S/C12H15N3O4S/c1-2-5-13-12(19)15-9(16)7-20-10-4-3-8(6-14-10)11(17)18/h3-4,6H,2,5,7H2,1H3,(H,17,18)(H2,13,15,16,19). The van der Waals surface area contributed by atoms with E-state index in [0.717, 1.165) is 18.2 Å². The minimum absolute atomic E-state index is 0.0267. The summed E-state index contributed by atoms with van der Waals surface area (Å²) < 4.78 is 0. The van der Waals surface area contributed by atoms with Crippen LogP contribution in [0.15, 0.2) is 23.4 Å². The lowest BCUT2D eigenvalue weighted by molar-refractivity contribution is -0.117. The van der Waals surface area contributed by atoms with Crippen molar-refractivity contribution in [3.05, 3.63) is 23.9 Å². The number of hydrogen-bond acceptors (Lipinski definition) is 5. The van der Waals surface area contributed by atoms with Crippen LogP contribution in [0.4, 0.5) is 4.79 Å².